The molecule has 1 aromatic heterocycles. The zero-order valence-corrected chi connectivity index (χ0v) is 12.0. The molecule has 3 heterocycles. The predicted molar refractivity (Wildman–Crippen MR) is 73.6 cm³/mol. The van der Waals surface area contributed by atoms with E-state index in [2.05, 4.69) is 34.2 Å². The number of nitrogens with one attached hydrogen (secondary N) is 1. The molecule has 0 saturated carbocycles. The van der Waals surface area contributed by atoms with Gasteiger partial charge in [-0.1, -0.05) is 0 Å². The van der Waals surface area contributed by atoms with Crippen molar-refractivity contribution >= 4 is 23.1 Å². The summed E-state index contributed by atoms with van der Waals surface area (Å²) < 4.78 is 0. The maximum absolute atomic E-state index is 4.24. The molecular formula is C12H19N3S2. The first-order valence-electron chi connectivity index (χ1n) is 6.42. The molecule has 3 unspecified atom stereocenters. The highest BCUT2D eigenvalue weighted by atomic mass is 32.2. The first kappa shape index (κ1) is 11.9. The van der Waals surface area contributed by atoms with Crippen LogP contribution in [0.2, 0.25) is 0 Å². The Hall–Kier alpha value is -0.130. The molecule has 2 fully saturated rings. The van der Waals surface area contributed by atoms with Crippen LogP contribution in [-0.4, -0.2) is 26.7 Å². The molecule has 0 aromatic carbocycles. The third-order valence-electron chi connectivity index (χ3n) is 3.69. The SMILES string of the molecule is Cc1nnc(C(C)NC2CC3CCC(C2)S3)s1. The van der Waals surface area contributed by atoms with Gasteiger partial charge >= 0.3 is 0 Å². The van der Waals surface area contributed by atoms with Gasteiger partial charge in [0.2, 0.25) is 0 Å². The molecule has 3 atom stereocenters. The van der Waals surface area contributed by atoms with Gasteiger partial charge in [-0.15, -0.1) is 21.5 Å². The van der Waals surface area contributed by atoms with Gasteiger partial charge < -0.3 is 5.32 Å². The minimum atomic E-state index is 0.355. The molecule has 2 saturated heterocycles. The van der Waals surface area contributed by atoms with Gasteiger partial charge in [-0.2, -0.15) is 11.8 Å². The quantitative estimate of drug-likeness (QED) is 0.915. The number of aryl methyl sites for hydroxylation is 1. The Bertz CT molecular complexity index is 381. The minimum absolute atomic E-state index is 0.355. The molecule has 94 valence electrons. The second kappa shape index (κ2) is 4.86. The molecule has 2 bridgehead atoms. The van der Waals surface area contributed by atoms with Crippen LogP contribution in [0, 0.1) is 6.92 Å². The molecule has 2 aliphatic heterocycles. The van der Waals surface area contributed by atoms with Crippen LogP contribution in [0.4, 0.5) is 0 Å². The predicted octanol–water partition coefficient (Wildman–Crippen LogP) is 2.92. The number of fused-ring (bicyclic) bond motifs is 2. The molecule has 0 aliphatic carbocycles. The van der Waals surface area contributed by atoms with Gasteiger partial charge in [0.1, 0.15) is 10.0 Å². The molecule has 3 nitrogen and oxygen atoms in total. The standard InChI is InChI=1S/C12H19N3S2/c1-7(12-15-14-8(2)16-12)13-9-5-10-3-4-11(6-9)17-10/h7,9-11,13H,3-6H2,1-2H3. The van der Waals surface area contributed by atoms with Crippen LogP contribution in [0.15, 0.2) is 0 Å². The zero-order valence-electron chi connectivity index (χ0n) is 10.3. The topological polar surface area (TPSA) is 37.8 Å². The summed E-state index contributed by atoms with van der Waals surface area (Å²) in [5, 5.41) is 16.1. The second-order valence-electron chi connectivity index (χ2n) is 5.17. The van der Waals surface area contributed by atoms with E-state index in [-0.39, 0.29) is 0 Å². The van der Waals surface area contributed by atoms with Gasteiger partial charge in [0.25, 0.3) is 0 Å². The average molecular weight is 269 g/mol. The summed E-state index contributed by atoms with van der Waals surface area (Å²) in [4.78, 5) is 0. The molecule has 17 heavy (non-hydrogen) atoms. The molecule has 1 N–H and O–H groups in total. The highest BCUT2D eigenvalue weighted by Crippen LogP contribution is 2.43. The maximum Gasteiger partial charge on any atom is 0.134 e. The van der Waals surface area contributed by atoms with E-state index >= 15 is 0 Å². The van der Waals surface area contributed by atoms with Crippen LogP contribution in [0.1, 0.15) is 48.7 Å². The van der Waals surface area contributed by atoms with Gasteiger partial charge in [0.05, 0.1) is 6.04 Å². The van der Waals surface area contributed by atoms with Crippen molar-refractivity contribution in [2.24, 2.45) is 0 Å². The van der Waals surface area contributed by atoms with Gasteiger partial charge in [0.15, 0.2) is 0 Å². The first-order chi connectivity index (χ1) is 8.20. The summed E-state index contributed by atoms with van der Waals surface area (Å²) >= 11 is 3.93. The third kappa shape index (κ3) is 2.66. The number of rotatable bonds is 3. The van der Waals surface area contributed by atoms with E-state index in [1.807, 2.05) is 6.92 Å². The minimum Gasteiger partial charge on any atom is -0.305 e. The summed E-state index contributed by atoms with van der Waals surface area (Å²) in [6, 6.07) is 1.04. The summed E-state index contributed by atoms with van der Waals surface area (Å²) in [5.41, 5.74) is 0. The van der Waals surface area contributed by atoms with E-state index in [1.165, 1.54) is 25.7 Å². The lowest BCUT2D eigenvalue weighted by atomic mass is 10.1. The van der Waals surface area contributed by atoms with Crippen molar-refractivity contribution in [3.8, 4) is 0 Å². The fourth-order valence-electron chi connectivity index (χ4n) is 2.91. The Labute approximate surface area is 111 Å². The van der Waals surface area contributed by atoms with Crippen LogP contribution in [0.5, 0.6) is 0 Å². The lowest BCUT2D eigenvalue weighted by Gasteiger charge is -2.30. The Morgan fingerprint density at radius 3 is 2.53 bits per heavy atom. The molecular weight excluding hydrogens is 250 g/mol. The Kier molecular flexibility index (Phi) is 3.41. The van der Waals surface area contributed by atoms with Crippen LogP contribution in [0.25, 0.3) is 0 Å². The zero-order chi connectivity index (χ0) is 11.8. The van der Waals surface area contributed by atoms with Crippen molar-refractivity contribution in [1.82, 2.24) is 15.5 Å². The van der Waals surface area contributed by atoms with Crippen LogP contribution >= 0.6 is 23.1 Å². The van der Waals surface area contributed by atoms with Crippen molar-refractivity contribution in [3.63, 3.8) is 0 Å². The number of hydrogen-bond acceptors (Lipinski definition) is 5. The lowest BCUT2D eigenvalue weighted by molar-refractivity contribution is 0.409. The average Bonchev–Trinajstić information content (AvgIpc) is 2.85. The molecule has 5 heteroatoms. The Morgan fingerprint density at radius 1 is 1.24 bits per heavy atom. The highest BCUT2D eigenvalue weighted by Gasteiger charge is 2.35. The van der Waals surface area contributed by atoms with Crippen molar-refractivity contribution in [2.45, 2.75) is 62.1 Å². The van der Waals surface area contributed by atoms with Crippen molar-refractivity contribution < 1.29 is 0 Å². The number of hydrogen-bond donors (Lipinski definition) is 1. The van der Waals surface area contributed by atoms with E-state index in [4.69, 9.17) is 0 Å². The summed E-state index contributed by atoms with van der Waals surface area (Å²) in [5.74, 6) is 0. The van der Waals surface area contributed by atoms with E-state index in [0.717, 1.165) is 20.5 Å². The lowest BCUT2D eigenvalue weighted by Crippen LogP contribution is -2.37. The van der Waals surface area contributed by atoms with Gasteiger partial charge in [-0.05, 0) is 39.5 Å². The molecule has 0 amide bonds. The van der Waals surface area contributed by atoms with Gasteiger partial charge in [-0.25, -0.2) is 0 Å². The molecule has 1 aromatic rings. The normalized spacial score (nSPS) is 33.9. The smallest absolute Gasteiger partial charge is 0.134 e. The Morgan fingerprint density at radius 2 is 1.94 bits per heavy atom. The maximum atomic E-state index is 4.24. The summed E-state index contributed by atoms with van der Waals surface area (Å²) in [7, 11) is 0. The van der Waals surface area contributed by atoms with Crippen LogP contribution in [-0.2, 0) is 0 Å². The largest absolute Gasteiger partial charge is 0.305 e. The molecule has 0 spiro atoms. The first-order valence-corrected chi connectivity index (χ1v) is 8.18. The fraction of sp³-hybridized carbons (Fsp3) is 0.833. The van der Waals surface area contributed by atoms with Gasteiger partial charge in [-0.3, -0.25) is 0 Å². The van der Waals surface area contributed by atoms with Crippen LogP contribution in [0.3, 0.4) is 0 Å². The third-order valence-corrected chi connectivity index (χ3v) is 6.34. The molecule has 3 rings (SSSR count). The van der Waals surface area contributed by atoms with Crippen LogP contribution < -0.4 is 5.32 Å². The van der Waals surface area contributed by atoms with E-state index in [1.54, 1.807) is 11.3 Å². The van der Waals surface area contributed by atoms with Crippen molar-refractivity contribution in [2.75, 3.05) is 0 Å². The van der Waals surface area contributed by atoms with Gasteiger partial charge in [0, 0.05) is 16.5 Å². The second-order valence-corrected chi connectivity index (χ2v) is 7.99. The van der Waals surface area contributed by atoms with E-state index in [0.29, 0.717) is 12.1 Å². The fourth-order valence-corrected chi connectivity index (χ4v) is 5.39. The molecule has 2 aliphatic rings. The number of nitrogens with zero attached hydrogens (tertiary/aromatic N) is 2. The highest BCUT2D eigenvalue weighted by molar-refractivity contribution is 8.00. The number of thioether (sulfide) groups is 1. The monoisotopic (exact) mass is 269 g/mol. The van der Waals surface area contributed by atoms with Crippen molar-refractivity contribution in [3.05, 3.63) is 10.0 Å². The Balaban J connectivity index is 1.60. The molecule has 0 radical (unpaired) electrons. The van der Waals surface area contributed by atoms with Crippen molar-refractivity contribution in [1.29, 1.82) is 0 Å². The summed E-state index contributed by atoms with van der Waals surface area (Å²) in [6.45, 7) is 4.23. The van der Waals surface area contributed by atoms with E-state index < -0.39 is 0 Å². The summed E-state index contributed by atoms with van der Waals surface area (Å²) in [6.07, 6.45) is 5.53. The van der Waals surface area contributed by atoms with E-state index in [9.17, 15) is 0 Å². The number of aromatic nitrogens is 2.